The van der Waals surface area contributed by atoms with E-state index in [0.717, 1.165) is 25.8 Å². The monoisotopic (exact) mass is 250 g/mol. The Bertz CT molecular complexity index is 214. The van der Waals surface area contributed by atoms with Crippen molar-refractivity contribution in [1.82, 2.24) is 4.90 Å². The van der Waals surface area contributed by atoms with Crippen LogP contribution in [0.2, 0.25) is 0 Å². The number of ether oxygens (including phenoxy) is 1. The van der Waals surface area contributed by atoms with Crippen molar-refractivity contribution in [3.8, 4) is 0 Å². The minimum absolute atomic E-state index is 0. The number of piperidine rings is 1. The Balaban J connectivity index is 0.00000225. The van der Waals surface area contributed by atoms with Crippen LogP contribution in [0.15, 0.2) is 0 Å². The standard InChI is InChI=1S/C11H22N2O2.ClH/c1-3-9-6-4-5-7-13(9)11(14)10(12)8-15-2;/h9-10H,3-8,12H2,1-2H3;1H. The quantitative estimate of drug-likeness (QED) is 0.815. The van der Waals surface area contributed by atoms with Crippen LogP contribution < -0.4 is 5.73 Å². The molecule has 1 aliphatic rings. The zero-order valence-electron chi connectivity index (χ0n) is 10.1. The van der Waals surface area contributed by atoms with Gasteiger partial charge in [0.2, 0.25) is 5.91 Å². The first-order valence-corrected chi connectivity index (χ1v) is 5.75. The lowest BCUT2D eigenvalue weighted by Crippen LogP contribution is -2.51. The van der Waals surface area contributed by atoms with Crippen molar-refractivity contribution in [2.24, 2.45) is 5.73 Å². The number of nitrogens with zero attached hydrogens (tertiary/aromatic N) is 1. The molecular formula is C11H23ClN2O2. The van der Waals surface area contributed by atoms with E-state index in [1.807, 2.05) is 4.90 Å². The van der Waals surface area contributed by atoms with E-state index in [0.29, 0.717) is 12.6 Å². The normalized spacial score (nSPS) is 22.4. The molecule has 0 aromatic carbocycles. The van der Waals surface area contributed by atoms with Crippen LogP contribution in [0.5, 0.6) is 0 Å². The zero-order valence-corrected chi connectivity index (χ0v) is 11.0. The van der Waals surface area contributed by atoms with Crippen molar-refractivity contribution in [3.63, 3.8) is 0 Å². The molecule has 0 aromatic heterocycles. The fourth-order valence-corrected chi connectivity index (χ4v) is 2.18. The van der Waals surface area contributed by atoms with Crippen molar-refractivity contribution in [3.05, 3.63) is 0 Å². The molecule has 1 rings (SSSR count). The molecule has 0 radical (unpaired) electrons. The third-order valence-electron chi connectivity index (χ3n) is 3.04. The van der Waals surface area contributed by atoms with Crippen molar-refractivity contribution in [2.45, 2.75) is 44.7 Å². The van der Waals surface area contributed by atoms with Gasteiger partial charge < -0.3 is 15.4 Å². The van der Waals surface area contributed by atoms with Gasteiger partial charge in [-0.1, -0.05) is 6.92 Å². The number of rotatable bonds is 4. The molecular weight excluding hydrogens is 228 g/mol. The van der Waals surface area contributed by atoms with Gasteiger partial charge in [-0.25, -0.2) is 0 Å². The second-order valence-electron chi connectivity index (χ2n) is 4.15. The highest BCUT2D eigenvalue weighted by molar-refractivity contribution is 5.85. The predicted octanol–water partition coefficient (Wildman–Crippen LogP) is 1.17. The molecule has 2 atom stereocenters. The number of methoxy groups -OCH3 is 1. The van der Waals surface area contributed by atoms with E-state index in [2.05, 4.69) is 6.92 Å². The molecule has 0 spiro atoms. The Labute approximate surface area is 104 Å². The largest absolute Gasteiger partial charge is 0.383 e. The number of likely N-dealkylation sites (tertiary alicyclic amines) is 1. The number of hydrogen-bond acceptors (Lipinski definition) is 3. The second-order valence-corrected chi connectivity index (χ2v) is 4.15. The third kappa shape index (κ3) is 3.92. The summed E-state index contributed by atoms with van der Waals surface area (Å²) in [6.45, 7) is 3.29. The second kappa shape index (κ2) is 7.87. The first-order valence-electron chi connectivity index (χ1n) is 5.75. The number of carbonyl (C=O) groups excluding carboxylic acids is 1. The zero-order chi connectivity index (χ0) is 11.3. The first-order chi connectivity index (χ1) is 7.20. The summed E-state index contributed by atoms with van der Waals surface area (Å²) < 4.78 is 4.91. The first kappa shape index (κ1) is 15.7. The molecule has 1 saturated heterocycles. The third-order valence-corrected chi connectivity index (χ3v) is 3.04. The van der Waals surface area contributed by atoms with Crippen LogP contribution in [0.1, 0.15) is 32.6 Å². The van der Waals surface area contributed by atoms with Gasteiger partial charge in [-0.15, -0.1) is 12.4 Å². The molecule has 0 bridgehead atoms. The summed E-state index contributed by atoms with van der Waals surface area (Å²) in [7, 11) is 1.57. The van der Waals surface area contributed by atoms with E-state index >= 15 is 0 Å². The molecule has 1 aliphatic heterocycles. The van der Waals surface area contributed by atoms with Crippen molar-refractivity contribution in [2.75, 3.05) is 20.3 Å². The lowest BCUT2D eigenvalue weighted by Gasteiger charge is -2.36. The average Bonchev–Trinajstić information content (AvgIpc) is 2.28. The molecule has 96 valence electrons. The highest BCUT2D eigenvalue weighted by atomic mass is 35.5. The van der Waals surface area contributed by atoms with Crippen LogP contribution in [-0.4, -0.2) is 43.2 Å². The molecule has 5 heteroatoms. The summed E-state index contributed by atoms with van der Waals surface area (Å²) in [5, 5.41) is 0. The summed E-state index contributed by atoms with van der Waals surface area (Å²) in [5.41, 5.74) is 5.76. The molecule has 0 aliphatic carbocycles. The van der Waals surface area contributed by atoms with Crippen LogP contribution in [-0.2, 0) is 9.53 Å². The number of nitrogens with two attached hydrogens (primary N) is 1. The maximum Gasteiger partial charge on any atom is 0.242 e. The van der Waals surface area contributed by atoms with Crippen LogP contribution in [0.4, 0.5) is 0 Å². The van der Waals surface area contributed by atoms with Gasteiger partial charge in [-0.05, 0) is 25.7 Å². The van der Waals surface area contributed by atoms with Crippen LogP contribution in [0.25, 0.3) is 0 Å². The Morgan fingerprint density at radius 3 is 2.81 bits per heavy atom. The molecule has 4 nitrogen and oxygen atoms in total. The van der Waals surface area contributed by atoms with Gasteiger partial charge in [0.25, 0.3) is 0 Å². The van der Waals surface area contributed by atoms with Gasteiger partial charge in [0.1, 0.15) is 6.04 Å². The maximum atomic E-state index is 12.0. The maximum absolute atomic E-state index is 12.0. The minimum atomic E-state index is -0.498. The molecule has 16 heavy (non-hydrogen) atoms. The van der Waals surface area contributed by atoms with E-state index < -0.39 is 6.04 Å². The van der Waals surface area contributed by atoms with E-state index in [1.54, 1.807) is 7.11 Å². The number of halogens is 1. The number of hydrogen-bond donors (Lipinski definition) is 1. The fourth-order valence-electron chi connectivity index (χ4n) is 2.18. The lowest BCUT2D eigenvalue weighted by atomic mass is 9.99. The number of amides is 1. The molecule has 1 amide bonds. The Kier molecular flexibility index (Phi) is 7.72. The van der Waals surface area contributed by atoms with Gasteiger partial charge in [0.05, 0.1) is 6.61 Å². The van der Waals surface area contributed by atoms with Crippen molar-refractivity contribution >= 4 is 18.3 Å². The molecule has 2 N–H and O–H groups in total. The summed E-state index contributed by atoms with van der Waals surface area (Å²) in [5.74, 6) is 0.0448. The SMILES string of the molecule is CCC1CCCCN1C(=O)C(N)COC.Cl. The molecule has 0 saturated carbocycles. The number of carbonyl (C=O) groups is 1. The molecule has 1 heterocycles. The summed E-state index contributed by atoms with van der Waals surface area (Å²) >= 11 is 0. The highest BCUT2D eigenvalue weighted by Crippen LogP contribution is 2.19. The Morgan fingerprint density at radius 2 is 2.25 bits per heavy atom. The van der Waals surface area contributed by atoms with Gasteiger partial charge in [0.15, 0.2) is 0 Å². The Hall–Kier alpha value is -0.320. The summed E-state index contributed by atoms with van der Waals surface area (Å²) in [6.07, 6.45) is 4.46. The average molecular weight is 251 g/mol. The van der Waals surface area contributed by atoms with Crippen LogP contribution in [0.3, 0.4) is 0 Å². The minimum Gasteiger partial charge on any atom is -0.383 e. The van der Waals surface area contributed by atoms with E-state index in [4.69, 9.17) is 10.5 Å². The highest BCUT2D eigenvalue weighted by Gasteiger charge is 2.28. The van der Waals surface area contributed by atoms with Gasteiger partial charge in [-0.3, -0.25) is 4.79 Å². The van der Waals surface area contributed by atoms with Gasteiger partial charge in [-0.2, -0.15) is 0 Å². The smallest absolute Gasteiger partial charge is 0.242 e. The lowest BCUT2D eigenvalue weighted by molar-refractivity contribution is -0.137. The van der Waals surface area contributed by atoms with Crippen molar-refractivity contribution in [1.29, 1.82) is 0 Å². The van der Waals surface area contributed by atoms with Gasteiger partial charge >= 0.3 is 0 Å². The van der Waals surface area contributed by atoms with Crippen LogP contribution >= 0.6 is 12.4 Å². The predicted molar refractivity (Wildman–Crippen MR) is 66.7 cm³/mol. The van der Waals surface area contributed by atoms with E-state index in [-0.39, 0.29) is 18.3 Å². The molecule has 1 fully saturated rings. The summed E-state index contributed by atoms with van der Waals surface area (Å²) in [6, 6.07) is -0.115. The van der Waals surface area contributed by atoms with E-state index in [1.165, 1.54) is 6.42 Å². The van der Waals surface area contributed by atoms with Gasteiger partial charge in [0, 0.05) is 19.7 Å². The molecule has 0 aromatic rings. The van der Waals surface area contributed by atoms with E-state index in [9.17, 15) is 4.79 Å². The van der Waals surface area contributed by atoms with Crippen molar-refractivity contribution < 1.29 is 9.53 Å². The topological polar surface area (TPSA) is 55.6 Å². The Morgan fingerprint density at radius 1 is 1.56 bits per heavy atom. The fraction of sp³-hybridized carbons (Fsp3) is 0.909. The molecule has 2 unspecified atom stereocenters. The summed E-state index contributed by atoms with van der Waals surface area (Å²) in [4.78, 5) is 13.9. The van der Waals surface area contributed by atoms with Crippen LogP contribution in [0, 0.1) is 0 Å².